The molecule has 1 aliphatic carbocycles. The summed E-state index contributed by atoms with van der Waals surface area (Å²) in [7, 11) is -5.69. The third-order valence-electron chi connectivity index (χ3n) is 18.5. The van der Waals surface area contributed by atoms with Gasteiger partial charge in [-0.1, -0.05) is 238 Å². The van der Waals surface area contributed by atoms with E-state index in [-0.39, 0.29) is 19.3 Å². The normalized spacial score (nSPS) is 28.0. The monoisotopic (exact) mass is 1400 g/mol. The Morgan fingerprint density at radius 2 is 0.729 bits per heavy atom. The fraction of sp³-hybridized carbons (Fsp3) is 0.930. The summed E-state index contributed by atoms with van der Waals surface area (Å²) in [5.41, 5.74) is 0. The van der Waals surface area contributed by atoms with Gasteiger partial charge in [-0.15, -0.1) is 0 Å². The average Bonchev–Trinajstić information content (AvgIpc) is 0.765. The first-order valence-corrected chi connectivity index (χ1v) is 39.0. The van der Waals surface area contributed by atoms with Crippen molar-refractivity contribution in [2.75, 3.05) is 26.4 Å². The van der Waals surface area contributed by atoms with Crippen LogP contribution in [0, 0.1) is 0 Å². The molecule has 0 aromatic carbocycles. The summed E-state index contributed by atoms with van der Waals surface area (Å²) in [6.45, 7) is 3.42. The van der Waals surface area contributed by atoms with Crippen LogP contribution in [0.15, 0.2) is 12.2 Å². The number of hydrogen-bond donors (Lipinski definition) is 11. The molecule has 0 aromatic rings. The van der Waals surface area contributed by atoms with Crippen LogP contribution in [0.4, 0.5) is 0 Å². The summed E-state index contributed by atoms with van der Waals surface area (Å²) in [5, 5.41) is 110. The van der Waals surface area contributed by atoms with E-state index in [1.807, 2.05) is 0 Å². The number of unbranched alkanes of at least 4 members (excludes halogenated alkanes) is 35. The van der Waals surface area contributed by atoms with Crippen LogP contribution in [-0.2, 0) is 61.2 Å². The van der Waals surface area contributed by atoms with Gasteiger partial charge in [-0.05, 0) is 44.9 Å². The van der Waals surface area contributed by atoms with Crippen molar-refractivity contribution in [2.24, 2.45) is 0 Å². The fourth-order valence-corrected chi connectivity index (χ4v) is 13.4. The minimum atomic E-state index is -5.69. The third kappa shape index (κ3) is 36.5. The van der Waals surface area contributed by atoms with Gasteiger partial charge in [0, 0.05) is 19.3 Å². The molecule has 3 fully saturated rings. The van der Waals surface area contributed by atoms with E-state index in [1.165, 1.54) is 135 Å². The van der Waals surface area contributed by atoms with Crippen LogP contribution in [0.2, 0.25) is 0 Å². The Morgan fingerprint density at radius 1 is 0.396 bits per heavy atom. The van der Waals surface area contributed by atoms with Crippen molar-refractivity contribution in [3.8, 4) is 0 Å². The first-order chi connectivity index (χ1) is 46.3. The van der Waals surface area contributed by atoms with Crippen LogP contribution in [0.1, 0.15) is 290 Å². The predicted molar refractivity (Wildman–Crippen MR) is 361 cm³/mol. The van der Waals surface area contributed by atoms with Crippen molar-refractivity contribution in [3.63, 3.8) is 0 Å². The number of carbonyl (C=O) groups excluding carboxylic acids is 3. The Bertz CT molecular complexity index is 2040. The number of phosphoric acid groups is 1. The van der Waals surface area contributed by atoms with E-state index in [1.54, 1.807) is 0 Å². The van der Waals surface area contributed by atoms with E-state index < -0.39 is 156 Å². The fourth-order valence-electron chi connectivity index (χ4n) is 12.4. The predicted octanol–water partition coefficient (Wildman–Crippen LogP) is 9.96. The maximum atomic E-state index is 14.3. The van der Waals surface area contributed by atoms with Crippen molar-refractivity contribution in [2.45, 2.75) is 395 Å². The zero-order valence-electron chi connectivity index (χ0n) is 58.7. The van der Waals surface area contributed by atoms with Crippen LogP contribution < -0.4 is 0 Å². The Hall–Kier alpha value is -2.30. The third-order valence-corrected chi connectivity index (χ3v) is 19.5. The molecule has 2 saturated heterocycles. The molecule has 3 rings (SSSR count). The van der Waals surface area contributed by atoms with E-state index in [0.717, 1.165) is 96.3 Å². The lowest BCUT2D eigenvalue weighted by Gasteiger charge is -2.49. The molecule has 25 heteroatoms. The maximum absolute atomic E-state index is 14.3. The molecule has 18 unspecified atom stereocenters. The van der Waals surface area contributed by atoms with Gasteiger partial charge < -0.3 is 89.1 Å². The summed E-state index contributed by atoms with van der Waals surface area (Å²) in [6, 6.07) is 0. The molecule has 0 spiro atoms. The smallest absolute Gasteiger partial charge is 0.463 e. The molecule has 24 nitrogen and oxygen atoms in total. The summed E-state index contributed by atoms with van der Waals surface area (Å²) in [4.78, 5) is 50.9. The molecular weight excluding hydrogens is 1270 g/mol. The molecule has 11 N–H and O–H groups in total. The van der Waals surface area contributed by atoms with E-state index in [2.05, 4.69) is 32.9 Å². The topological polar surface area (TPSA) is 374 Å². The molecule has 0 amide bonds. The van der Waals surface area contributed by atoms with Gasteiger partial charge in [0.05, 0.1) is 13.2 Å². The Morgan fingerprint density at radius 3 is 1.14 bits per heavy atom. The summed E-state index contributed by atoms with van der Waals surface area (Å²) < 4.78 is 64.9. The number of allylic oxidation sites excluding steroid dienone is 2. The minimum absolute atomic E-state index is 0.0274. The summed E-state index contributed by atoms with van der Waals surface area (Å²) in [6.07, 6.45) is 11.5. The van der Waals surface area contributed by atoms with E-state index in [9.17, 15) is 74.9 Å². The number of phosphoric ester groups is 1. The second kappa shape index (κ2) is 53.5. The van der Waals surface area contributed by atoms with Gasteiger partial charge in [-0.2, -0.15) is 0 Å². The second-order valence-corrected chi connectivity index (χ2v) is 28.4. The summed E-state index contributed by atoms with van der Waals surface area (Å²) >= 11 is 0. The number of ether oxygens (including phenoxy) is 7. The van der Waals surface area contributed by atoms with Gasteiger partial charge in [0.2, 0.25) is 0 Å². The zero-order valence-corrected chi connectivity index (χ0v) is 59.6. The van der Waals surface area contributed by atoms with Crippen LogP contribution in [0.3, 0.4) is 0 Å². The molecule has 0 bridgehead atoms. The summed E-state index contributed by atoms with van der Waals surface area (Å²) in [5.74, 6) is -2.00. The molecule has 2 heterocycles. The highest BCUT2D eigenvalue weighted by atomic mass is 31.2. The van der Waals surface area contributed by atoms with E-state index in [4.69, 9.17) is 42.2 Å². The maximum Gasteiger partial charge on any atom is 0.472 e. The van der Waals surface area contributed by atoms with E-state index in [0.29, 0.717) is 19.3 Å². The van der Waals surface area contributed by atoms with Gasteiger partial charge in [-0.25, -0.2) is 4.57 Å². The van der Waals surface area contributed by atoms with E-state index >= 15 is 0 Å². The SMILES string of the molecule is CCCCCCCC/C=C\CCCCCC(=O)OCC(COP(=O)(O)OC1C(OC2OC(CO)C(O)C(O)C2O)C(O)C(O)C(O)C1OC1OC(COC(=O)CCCCCCCCCCCCCCCCCCC)C(O)C(O)C1O)OC(=O)CCCCCCCCCCCCC. The lowest BCUT2D eigenvalue weighted by molar-refractivity contribution is -0.360. The Labute approximate surface area is 573 Å². The van der Waals surface area contributed by atoms with Crippen molar-refractivity contribution in [1.82, 2.24) is 0 Å². The number of carbonyl (C=O) groups is 3. The average molecular weight is 1400 g/mol. The van der Waals surface area contributed by atoms with Crippen LogP contribution in [0.25, 0.3) is 0 Å². The molecule has 564 valence electrons. The molecular formula is C71H131O24P. The minimum Gasteiger partial charge on any atom is -0.463 e. The van der Waals surface area contributed by atoms with Gasteiger partial charge in [0.1, 0.15) is 98.7 Å². The first-order valence-electron chi connectivity index (χ1n) is 37.5. The number of aliphatic hydroxyl groups is 10. The highest BCUT2D eigenvalue weighted by Crippen LogP contribution is 2.49. The lowest BCUT2D eigenvalue weighted by Crippen LogP contribution is -2.69. The van der Waals surface area contributed by atoms with Crippen LogP contribution in [-0.4, -0.2) is 204 Å². The number of aliphatic hydroxyl groups excluding tert-OH is 10. The Kier molecular flexibility index (Phi) is 49.0. The molecule has 2 aliphatic heterocycles. The number of rotatable bonds is 58. The van der Waals surface area contributed by atoms with Gasteiger partial charge in [-0.3, -0.25) is 23.4 Å². The van der Waals surface area contributed by atoms with Crippen molar-refractivity contribution in [1.29, 1.82) is 0 Å². The molecule has 1 saturated carbocycles. The standard InChI is InChI=1S/C71H131O24P/c1-4-7-10-13-16-19-22-24-25-26-27-29-32-34-37-40-43-46-56(74)88-51-54-59(77)61(79)66(84)71(92-54)94-68-64(82)62(80)63(81)67(93-70-65(83)60(78)58(76)53(48-72)91-70)69(68)95-96(85,86)89-50-52(90-57(75)47-44-41-38-35-30-21-18-15-12-9-6-3)49-87-55(73)45-42-39-36-33-31-28-23-20-17-14-11-8-5-2/h28,31,52-54,58-72,76-84H,4-27,29-30,32-51H2,1-3H3,(H,85,86)/b31-28-. The van der Waals surface area contributed by atoms with Gasteiger partial charge >= 0.3 is 25.7 Å². The van der Waals surface area contributed by atoms with Gasteiger partial charge in [0.25, 0.3) is 0 Å². The second-order valence-electron chi connectivity index (χ2n) is 27.0. The van der Waals surface area contributed by atoms with Crippen molar-refractivity contribution < 1.29 is 117 Å². The zero-order chi connectivity index (χ0) is 70.4. The molecule has 3 aliphatic rings. The lowest BCUT2D eigenvalue weighted by atomic mass is 9.84. The van der Waals surface area contributed by atoms with Crippen molar-refractivity contribution in [3.05, 3.63) is 12.2 Å². The molecule has 18 atom stereocenters. The number of hydrogen-bond acceptors (Lipinski definition) is 23. The quantitative estimate of drug-likeness (QED) is 0.00886. The van der Waals surface area contributed by atoms with Crippen LogP contribution >= 0.6 is 7.82 Å². The van der Waals surface area contributed by atoms with Crippen molar-refractivity contribution >= 4 is 25.7 Å². The molecule has 0 aromatic heterocycles. The first kappa shape index (κ1) is 87.9. The highest BCUT2D eigenvalue weighted by Gasteiger charge is 2.58. The van der Waals surface area contributed by atoms with Gasteiger partial charge in [0.15, 0.2) is 18.7 Å². The largest absolute Gasteiger partial charge is 0.472 e. The van der Waals surface area contributed by atoms with Crippen LogP contribution in [0.5, 0.6) is 0 Å². The number of esters is 3. The molecule has 0 radical (unpaired) electrons. The molecule has 96 heavy (non-hydrogen) atoms. The Balaban J connectivity index is 1.72. The highest BCUT2D eigenvalue weighted by molar-refractivity contribution is 7.47.